The van der Waals surface area contributed by atoms with Crippen LogP contribution in [0.2, 0.25) is 5.02 Å². The van der Waals surface area contributed by atoms with E-state index in [-0.39, 0.29) is 24.3 Å². The zero-order chi connectivity index (χ0) is 18.2. The minimum absolute atomic E-state index is 0.0469. The van der Waals surface area contributed by atoms with Gasteiger partial charge in [-0.05, 0) is 31.4 Å². The first-order valence-electron chi connectivity index (χ1n) is 8.45. The second kappa shape index (κ2) is 9.63. The maximum Gasteiger partial charge on any atom is 0.248 e. The van der Waals surface area contributed by atoms with Gasteiger partial charge >= 0.3 is 0 Å². The molecule has 2 rings (SSSR count). The van der Waals surface area contributed by atoms with E-state index in [1.807, 2.05) is 19.1 Å². The number of rotatable bonds is 7. The fourth-order valence-electron chi connectivity index (χ4n) is 2.90. The molecule has 1 aliphatic rings. The van der Waals surface area contributed by atoms with E-state index in [0.717, 1.165) is 18.4 Å². The maximum absolute atomic E-state index is 12.3. The van der Waals surface area contributed by atoms with Gasteiger partial charge in [0.05, 0.1) is 17.5 Å². The number of amides is 2. The van der Waals surface area contributed by atoms with Crippen LogP contribution in [0.4, 0.5) is 0 Å². The molecule has 0 bridgehead atoms. The topological polar surface area (TPSA) is 67.9 Å². The maximum atomic E-state index is 12.3. The average molecular weight is 369 g/mol. The van der Waals surface area contributed by atoms with Crippen molar-refractivity contribution in [1.82, 2.24) is 10.2 Å². The van der Waals surface area contributed by atoms with Crippen LogP contribution >= 0.6 is 11.6 Å². The number of likely N-dealkylation sites (tertiary alicyclic amines) is 1. The summed E-state index contributed by atoms with van der Waals surface area (Å²) in [6, 6.07) is 5.57. The molecule has 1 heterocycles. The van der Waals surface area contributed by atoms with Crippen LogP contribution in [-0.4, -0.2) is 56.7 Å². The zero-order valence-electron chi connectivity index (χ0n) is 14.7. The predicted molar refractivity (Wildman–Crippen MR) is 95.9 cm³/mol. The molecule has 0 spiro atoms. The third-order valence-corrected chi connectivity index (χ3v) is 4.52. The third kappa shape index (κ3) is 5.61. The van der Waals surface area contributed by atoms with Gasteiger partial charge in [-0.3, -0.25) is 9.59 Å². The molecule has 7 heteroatoms. The van der Waals surface area contributed by atoms with Crippen LogP contribution in [0.5, 0.6) is 5.75 Å². The molecule has 25 heavy (non-hydrogen) atoms. The number of carbonyl (C=O) groups excluding carboxylic acids is 2. The number of benzene rings is 1. The zero-order valence-corrected chi connectivity index (χ0v) is 15.5. The molecule has 0 aliphatic carbocycles. The molecule has 2 amide bonds. The summed E-state index contributed by atoms with van der Waals surface area (Å²) in [5.41, 5.74) is 0.957. The molecule has 6 nitrogen and oxygen atoms in total. The second-order valence-electron chi connectivity index (χ2n) is 6.14. The largest absolute Gasteiger partial charge is 0.490 e. The fourth-order valence-corrected chi connectivity index (χ4v) is 3.18. The SMILES string of the molecule is COCC(=O)N1CCC[C@H](C(=O)NCCOc2c(C)cccc2Cl)C1. The molecule has 1 atom stereocenters. The number of carbonyl (C=O) groups is 2. The number of halogens is 1. The van der Waals surface area contributed by atoms with Crippen molar-refractivity contribution in [3.05, 3.63) is 28.8 Å². The molecule has 1 aliphatic heterocycles. The Kier molecular flexibility index (Phi) is 7.52. The first-order valence-corrected chi connectivity index (χ1v) is 8.83. The van der Waals surface area contributed by atoms with Gasteiger partial charge in [-0.15, -0.1) is 0 Å². The number of piperidine rings is 1. The number of ether oxygens (including phenoxy) is 2. The Morgan fingerprint density at radius 1 is 1.40 bits per heavy atom. The van der Waals surface area contributed by atoms with Crippen LogP contribution in [-0.2, 0) is 14.3 Å². The monoisotopic (exact) mass is 368 g/mol. The summed E-state index contributed by atoms with van der Waals surface area (Å²) >= 11 is 6.10. The summed E-state index contributed by atoms with van der Waals surface area (Å²) in [6.45, 7) is 3.84. The first kappa shape index (κ1) is 19.5. The van der Waals surface area contributed by atoms with E-state index in [9.17, 15) is 9.59 Å². The van der Waals surface area contributed by atoms with Gasteiger partial charge < -0.3 is 19.7 Å². The number of aryl methyl sites for hydroxylation is 1. The molecule has 138 valence electrons. The summed E-state index contributed by atoms with van der Waals surface area (Å²) in [6.07, 6.45) is 1.61. The molecule has 0 unspecified atom stereocenters. The van der Waals surface area contributed by atoms with Crippen molar-refractivity contribution in [3.8, 4) is 5.75 Å². The van der Waals surface area contributed by atoms with Gasteiger partial charge in [0.1, 0.15) is 19.0 Å². The molecule has 1 aromatic rings. The Bertz CT molecular complexity index is 588. The Morgan fingerprint density at radius 2 is 2.20 bits per heavy atom. The minimum atomic E-state index is -0.184. The summed E-state index contributed by atoms with van der Waals surface area (Å²) in [4.78, 5) is 25.9. The average Bonchev–Trinajstić information content (AvgIpc) is 2.61. The normalized spacial score (nSPS) is 17.2. The van der Waals surface area contributed by atoms with E-state index in [1.54, 1.807) is 11.0 Å². The van der Waals surface area contributed by atoms with Crippen LogP contribution in [0.1, 0.15) is 18.4 Å². The molecular weight excluding hydrogens is 344 g/mol. The first-order chi connectivity index (χ1) is 12.0. The quantitative estimate of drug-likeness (QED) is 0.748. The van der Waals surface area contributed by atoms with Crippen LogP contribution in [0, 0.1) is 12.8 Å². The van der Waals surface area contributed by atoms with Crippen molar-refractivity contribution >= 4 is 23.4 Å². The van der Waals surface area contributed by atoms with Crippen molar-refractivity contribution < 1.29 is 19.1 Å². The summed E-state index contributed by atoms with van der Waals surface area (Å²) in [5, 5.41) is 3.44. The van der Waals surface area contributed by atoms with E-state index in [1.165, 1.54) is 7.11 Å². The van der Waals surface area contributed by atoms with Gasteiger partial charge in [-0.1, -0.05) is 23.7 Å². The van der Waals surface area contributed by atoms with E-state index >= 15 is 0 Å². The second-order valence-corrected chi connectivity index (χ2v) is 6.54. The highest BCUT2D eigenvalue weighted by atomic mass is 35.5. The van der Waals surface area contributed by atoms with Gasteiger partial charge in [0.15, 0.2) is 0 Å². The molecule has 0 saturated carbocycles. The number of para-hydroxylation sites is 1. The van der Waals surface area contributed by atoms with Crippen LogP contribution in [0.15, 0.2) is 18.2 Å². The Labute approximate surface area is 153 Å². The van der Waals surface area contributed by atoms with Crippen LogP contribution in [0.3, 0.4) is 0 Å². The van der Waals surface area contributed by atoms with Gasteiger partial charge in [0.2, 0.25) is 11.8 Å². The van der Waals surface area contributed by atoms with Crippen molar-refractivity contribution in [2.24, 2.45) is 5.92 Å². The van der Waals surface area contributed by atoms with Crippen LogP contribution in [0.25, 0.3) is 0 Å². The highest BCUT2D eigenvalue weighted by Crippen LogP contribution is 2.27. The lowest BCUT2D eigenvalue weighted by Crippen LogP contribution is -2.47. The Morgan fingerprint density at radius 3 is 2.92 bits per heavy atom. The molecule has 1 fully saturated rings. The number of methoxy groups -OCH3 is 1. The van der Waals surface area contributed by atoms with Crippen LogP contribution < -0.4 is 10.1 Å². The summed E-state index contributed by atoms with van der Waals surface area (Å²) in [7, 11) is 1.49. The van der Waals surface area contributed by atoms with Gasteiger partial charge in [0.25, 0.3) is 0 Å². The highest BCUT2D eigenvalue weighted by molar-refractivity contribution is 6.32. The number of nitrogens with one attached hydrogen (secondary N) is 1. The van der Waals surface area contributed by atoms with E-state index in [4.69, 9.17) is 21.1 Å². The molecule has 1 N–H and O–H groups in total. The van der Waals surface area contributed by atoms with Crippen molar-refractivity contribution in [2.75, 3.05) is 40.0 Å². The minimum Gasteiger partial charge on any atom is -0.490 e. The van der Waals surface area contributed by atoms with Gasteiger partial charge in [-0.2, -0.15) is 0 Å². The highest BCUT2D eigenvalue weighted by Gasteiger charge is 2.28. The number of hydrogen-bond acceptors (Lipinski definition) is 4. The van der Waals surface area contributed by atoms with Crippen molar-refractivity contribution in [3.63, 3.8) is 0 Å². The number of hydrogen-bond donors (Lipinski definition) is 1. The number of nitrogens with zero attached hydrogens (tertiary/aromatic N) is 1. The van der Waals surface area contributed by atoms with Crippen molar-refractivity contribution in [1.29, 1.82) is 0 Å². The molecule has 1 aromatic carbocycles. The molecular formula is C18H25ClN2O4. The smallest absolute Gasteiger partial charge is 0.248 e. The Balaban J connectivity index is 1.75. The van der Waals surface area contributed by atoms with E-state index in [2.05, 4.69) is 5.32 Å². The lowest BCUT2D eigenvalue weighted by molar-refractivity contribution is -0.138. The third-order valence-electron chi connectivity index (χ3n) is 4.22. The standard InChI is InChI=1S/C18H25ClN2O4/c1-13-5-3-7-15(19)17(13)25-10-8-20-18(23)14-6-4-9-21(11-14)16(22)12-24-2/h3,5,7,14H,4,6,8-12H2,1-2H3,(H,20,23)/t14-/m0/s1. The molecule has 0 radical (unpaired) electrons. The van der Waals surface area contributed by atoms with Crippen molar-refractivity contribution in [2.45, 2.75) is 19.8 Å². The summed E-state index contributed by atoms with van der Waals surface area (Å²) in [5.74, 6) is 0.343. The van der Waals surface area contributed by atoms with E-state index < -0.39 is 0 Å². The van der Waals surface area contributed by atoms with Gasteiger partial charge in [-0.25, -0.2) is 0 Å². The fraction of sp³-hybridized carbons (Fsp3) is 0.556. The predicted octanol–water partition coefficient (Wildman–Crippen LogP) is 2.03. The lowest BCUT2D eigenvalue weighted by Gasteiger charge is -2.31. The summed E-state index contributed by atoms with van der Waals surface area (Å²) < 4.78 is 10.5. The van der Waals surface area contributed by atoms with E-state index in [0.29, 0.717) is 37.0 Å². The lowest BCUT2D eigenvalue weighted by atomic mass is 9.97. The molecule has 1 saturated heterocycles. The Hall–Kier alpha value is -1.79. The molecule has 0 aromatic heterocycles. The van der Waals surface area contributed by atoms with Gasteiger partial charge in [0, 0.05) is 20.2 Å².